The lowest BCUT2D eigenvalue weighted by atomic mass is 10.2. The van der Waals surface area contributed by atoms with Gasteiger partial charge in [-0.3, -0.25) is 14.3 Å². The Kier molecular flexibility index (Phi) is 4.16. The van der Waals surface area contributed by atoms with Crippen molar-refractivity contribution in [3.05, 3.63) is 18.0 Å². The lowest BCUT2D eigenvalue weighted by molar-refractivity contribution is -0.141. The van der Waals surface area contributed by atoms with Crippen LogP contribution in [0.2, 0.25) is 0 Å². The fraction of sp³-hybridized carbons (Fsp3) is 0.583. The maximum Gasteiger partial charge on any atom is 0.306 e. The highest BCUT2D eigenvalue weighted by Crippen LogP contribution is 2.12. The fourth-order valence-corrected chi connectivity index (χ4v) is 2.05. The van der Waals surface area contributed by atoms with Crippen LogP contribution in [0, 0.1) is 0 Å². The van der Waals surface area contributed by atoms with E-state index in [0.29, 0.717) is 31.8 Å². The standard InChI is InChI=1S/C12H17N3O4/c1-2-15-7-9(6-13-15)12(18)14-3-4-19-10(8-14)5-11(16)17/h6-7,10H,2-5,8H2,1H3,(H,16,17). The molecule has 1 atom stereocenters. The summed E-state index contributed by atoms with van der Waals surface area (Å²) in [6.07, 6.45) is 2.71. The lowest BCUT2D eigenvalue weighted by Gasteiger charge is -2.32. The number of aryl methyl sites for hydroxylation is 1. The van der Waals surface area contributed by atoms with Gasteiger partial charge in [-0.1, -0.05) is 0 Å². The predicted octanol–water partition coefficient (Wildman–Crippen LogP) is 0.219. The average Bonchev–Trinajstić information content (AvgIpc) is 2.86. The SMILES string of the molecule is CCn1cc(C(=O)N2CCOC(CC(=O)O)C2)cn1. The smallest absolute Gasteiger partial charge is 0.306 e. The van der Waals surface area contributed by atoms with E-state index in [0.717, 1.165) is 0 Å². The molecule has 1 fully saturated rings. The van der Waals surface area contributed by atoms with Gasteiger partial charge in [0.2, 0.25) is 0 Å². The highest BCUT2D eigenvalue weighted by atomic mass is 16.5. The molecule has 1 aliphatic heterocycles. The Hall–Kier alpha value is -1.89. The normalized spacial score (nSPS) is 19.4. The number of amides is 1. The number of aromatic nitrogens is 2. The first-order valence-corrected chi connectivity index (χ1v) is 6.25. The number of morpholine rings is 1. The van der Waals surface area contributed by atoms with Crippen molar-refractivity contribution in [1.29, 1.82) is 0 Å². The summed E-state index contributed by atoms with van der Waals surface area (Å²) < 4.78 is 7.02. The molecule has 7 nitrogen and oxygen atoms in total. The molecular formula is C12H17N3O4. The maximum atomic E-state index is 12.2. The molecule has 0 aliphatic carbocycles. The van der Waals surface area contributed by atoms with Crippen LogP contribution in [0.15, 0.2) is 12.4 Å². The van der Waals surface area contributed by atoms with Gasteiger partial charge in [0.1, 0.15) is 0 Å². The van der Waals surface area contributed by atoms with E-state index >= 15 is 0 Å². The van der Waals surface area contributed by atoms with Crippen molar-refractivity contribution in [2.24, 2.45) is 0 Å². The molecule has 1 aromatic rings. The van der Waals surface area contributed by atoms with Crippen LogP contribution in [-0.2, 0) is 16.1 Å². The minimum atomic E-state index is -0.918. The second kappa shape index (κ2) is 5.83. The molecule has 0 saturated carbocycles. The summed E-state index contributed by atoms with van der Waals surface area (Å²) in [6, 6.07) is 0. The molecule has 1 aromatic heterocycles. The average molecular weight is 267 g/mol. The zero-order valence-corrected chi connectivity index (χ0v) is 10.8. The third-order valence-electron chi connectivity index (χ3n) is 3.03. The van der Waals surface area contributed by atoms with E-state index in [-0.39, 0.29) is 12.3 Å². The fourth-order valence-electron chi connectivity index (χ4n) is 2.05. The van der Waals surface area contributed by atoms with Gasteiger partial charge in [-0.2, -0.15) is 5.10 Å². The number of hydrogen-bond donors (Lipinski definition) is 1. The van der Waals surface area contributed by atoms with Gasteiger partial charge in [0.05, 0.1) is 30.9 Å². The number of rotatable bonds is 4. The molecule has 1 N–H and O–H groups in total. The van der Waals surface area contributed by atoms with Crippen molar-refractivity contribution in [3.63, 3.8) is 0 Å². The summed E-state index contributed by atoms with van der Waals surface area (Å²) in [4.78, 5) is 24.5. The summed E-state index contributed by atoms with van der Waals surface area (Å²) in [7, 11) is 0. The van der Waals surface area contributed by atoms with E-state index in [2.05, 4.69) is 5.10 Å². The van der Waals surface area contributed by atoms with Crippen molar-refractivity contribution < 1.29 is 19.4 Å². The van der Waals surface area contributed by atoms with Crippen molar-refractivity contribution in [2.45, 2.75) is 26.0 Å². The summed E-state index contributed by atoms with van der Waals surface area (Å²) >= 11 is 0. The predicted molar refractivity (Wildman–Crippen MR) is 65.8 cm³/mol. The van der Waals surface area contributed by atoms with Gasteiger partial charge >= 0.3 is 5.97 Å². The molecule has 1 aliphatic rings. The van der Waals surface area contributed by atoms with Gasteiger partial charge in [-0.05, 0) is 6.92 Å². The van der Waals surface area contributed by atoms with Gasteiger partial charge in [0.25, 0.3) is 5.91 Å². The molecular weight excluding hydrogens is 250 g/mol. The highest BCUT2D eigenvalue weighted by Gasteiger charge is 2.27. The second-order valence-corrected chi connectivity index (χ2v) is 4.43. The van der Waals surface area contributed by atoms with Gasteiger partial charge in [0.15, 0.2) is 0 Å². The molecule has 1 amide bonds. The topological polar surface area (TPSA) is 84.7 Å². The van der Waals surface area contributed by atoms with Crippen molar-refractivity contribution in [1.82, 2.24) is 14.7 Å². The van der Waals surface area contributed by atoms with Crippen LogP contribution >= 0.6 is 0 Å². The van der Waals surface area contributed by atoms with E-state index in [1.165, 1.54) is 6.20 Å². The summed E-state index contributed by atoms with van der Waals surface area (Å²) in [5.41, 5.74) is 0.526. The number of carboxylic acids is 1. The van der Waals surface area contributed by atoms with Gasteiger partial charge in [-0.15, -0.1) is 0 Å². The highest BCUT2D eigenvalue weighted by molar-refractivity contribution is 5.93. The van der Waals surface area contributed by atoms with E-state index in [9.17, 15) is 9.59 Å². The zero-order chi connectivity index (χ0) is 13.8. The minimum Gasteiger partial charge on any atom is -0.481 e. The van der Waals surface area contributed by atoms with Crippen LogP contribution in [0.3, 0.4) is 0 Å². The Bertz CT molecular complexity index is 471. The molecule has 0 radical (unpaired) electrons. The van der Waals surface area contributed by atoms with Crippen molar-refractivity contribution in [2.75, 3.05) is 19.7 Å². The summed E-state index contributed by atoms with van der Waals surface area (Å²) in [5, 5.41) is 12.8. The van der Waals surface area contributed by atoms with E-state index in [4.69, 9.17) is 9.84 Å². The van der Waals surface area contributed by atoms with E-state index < -0.39 is 12.1 Å². The maximum absolute atomic E-state index is 12.2. The Balaban J connectivity index is 2.00. The largest absolute Gasteiger partial charge is 0.481 e. The van der Waals surface area contributed by atoms with Gasteiger partial charge in [-0.25, -0.2) is 0 Å². The Morgan fingerprint density at radius 3 is 3.00 bits per heavy atom. The van der Waals surface area contributed by atoms with Crippen molar-refractivity contribution in [3.8, 4) is 0 Å². The van der Waals surface area contributed by atoms with Crippen LogP contribution in [0.5, 0.6) is 0 Å². The van der Waals surface area contributed by atoms with Gasteiger partial charge in [0, 0.05) is 25.8 Å². The Morgan fingerprint density at radius 2 is 2.37 bits per heavy atom. The summed E-state index contributed by atoms with van der Waals surface area (Å²) in [6.45, 7) is 3.80. The van der Waals surface area contributed by atoms with Crippen LogP contribution in [0.25, 0.3) is 0 Å². The quantitative estimate of drug-likeness (QED) is 0.843. The molecule has 0 bridgehead atoms. The second-order valence-electron chi connectivity index (χ2n) is 4.43. The molecule has 2 heterocycles. The number of carbonyl (C=O) groups excluding carboxylic acids is 1. The number of aliphatic carboxylic acids is 1. The first-order chi connectivity index (χ1) is 9.10. The third kappa shape index (κ3) is 3.31. The number of hydrogen-bond acceptors (Lipinski definition) is 4. The number of carbonyl (C=O) groups is 2. The molecule has 2 rings (SSSR count). The molecule has 1 saturated heterocycles. The molecule has 7 heteroatoms. The monoisotopic (exact) mass is 267 g/mol. The van der Waals surface area contributed by atoms with Crippen LogP contribution in [0.4, 0.5) is 0 Å². The van der Waals surface area contributed by atoms with Gasteiger partial charge < -0.3 is 14.7 Å². The molecule has 1 unspecified atom stereocenters. The summed E-state index contributed by atoms with van der Waals surface area (Å²) in [5.74, 6) is -1.04. The Morgan fingerprint density at radius 1 is 1.58 bits per heavy atom. The number of nitrogens with zero attached hydrogens (tertiary/aromatic N) is 3. The minimum absolute atomic E-state index is 0.0853. The first kappa shape index (κ1) is 13.5. The molecule has 104 valence electrons. The lowest BCUT2D eigenvalue weighted by Crippen LogP contribution is -2.46. The molecule has 0 aromatic carbocycles. The number of ether oxygens (including phenoxy) is 1. The zero-order valence-electron chi connectivity index (χ0n) is 10.8. The van der Waals surface area contributed by atoms with Crippen LogP contribution in [0.1, 0.15) is 23.7 Å². The Labute approximate surface area is 110 Å². The van der Waals surface area contributed by atoms with Crippen molar-refractivity contribution >= 4 is 11.9 Å². The third-order valence-corrected chi connectivity index (χ3v) is 3.03. The van der Waals surface area contributed by atoms with E-state index in [1.807, 2.05) is 6.92 Å². The molecule has 0 spiro atoms. The van der Waals surface area contributed by atoms with Crippen LogP contribution in [-0.4, -0.2) is 57.5 Å². The number of carboxylic acid groups (broad SMARTS) is 1. The molecule has 19 heavy (non-hydrogen) atoms. The first-order valence-electron chi connectivity index (χ1n) is 6.25. The van der Waals surface area contributed by atoms with E-state index in [1.54, 1.807) is 15.8 Å². The van der Waals surface area contributed by atoms with Crippen LogP contribution < -0.4 is 0 Å².